The molecular formula is C17H14FN5O2. The van der Waals surface area contributed by atoms with Crippen molar-refractivity contribution < 1.29 is 13.9 Å². The Morgan fingerprint density at radius 3 is 2.52 bits per heavy atom. The van der Waals surface area contributed by atoms with Crippen molar-refractivity contribution in [1.82, 2.24) is 20.3 Å². The highest BCUT2D eigenvalue weighted by Crippen LogP contribution is 2.19. The highest BCUT2D eigenvalue weighted by molar-refractivity contribution is 5.96. The van der Waals surface area contributed by atoms with Crippen LogP contribution in [0.4, 0.5) is 10.2 Å². The summed E-state index contributed by atoms with van der Waals surface area (Å²) < 4.78 is 18.4. The first kappa shape index (κ1) is 16.3. The van der Waals surface area contributed by atoms with E-state index in [-0.39, 0.29) is 23.9 Å². The van der Waals surface area contributed by atoms with E-state index >= 15 is 0 Å². The summed E-state index contributed by atoms with van der Waals surface area (Å²) in [6.45, 7) is 0.249. The number of rotatable bonds is 5. The number of hydrogen-bond acceptors (Lipinski definition) is 6. The van der Waals surface area contributed by atoms with E-state index in [0.29, 0.717) is 11.6 Å². The fraction of sp³-hybridized carbons (Fsp3) is 0.0588. The summed E-state index contributed by atoms with van der Waals surface area (Å²) >= 11 is 0. The molecule has 0 unspecified atom stereocenters. The van der Waals surface area contributed by atoms with E-state index in [1.165, 1.54) is 36.7 Å². The molecule has 0 fully saturated rings. The lowest BCUT2D eigenvalue weighted by Gasteiger charge is -2.07. The van der Waals surface area contributed by atoms with Gasteiger partial charge in [0.15, 0.2) is 11.5 Å². The number of ether oxygens (including phenoxy) is 1. The molecule has 7 nitrogen and oxygen atoms in total. The molecule has 0 saturated heterocycles. The Kier molecular flexibility index (Phi) is 4.79. The molecule has 2 aromatic heterocycles. The fourth-order valence-corrected chi connectivity index (χ4v) is 1.99. The molecule has 0 aliphatic rings. The van der Waals surface area contributed by atoms with Crippen molar-refractivity contribution >= 4 is 11.7 Å². The molecule has 0 atom stereocenters. The second-order valence-corrected chi connectivity index (χ2v) is 5.03. The minimum atomic E-state index is -0.419. The van der Waals surface area contributed by atoms with Crippen molar-refractivity contribution in [2.45, 2.75) is 6.54 Å². The van der Waals surface area contributed by atoms with E-state index in [1.54, 1.807) is 18.3 Å². The van der Waals surface area contributed by atoms with Crippen LogP contribution in [-0.4, -0.2) is 20.9 Å². The van der Waals surface area contributed by atoms with E-state index in [1.807, 2.05) is 0 Å². The van der Waals surface area contributed by atoms with Crippen molar-refractivity contribution in [3.8, 4) is 11.6 Å². The van der Waals surface area contributed by atoms with E-state index < -0.39 is 5.91 Å². The lowest BCUT2D eigenvalue weighted by atomic mass is 10.2. The number of carbonyl (C=O) groups excluding carboxylic acids is 1. The van der Waals surface area contributed by atoms with Crippen LogP contribution in [0.5, 0.6) is 11.6 Å². The van der Waals surface area contributed by atoms with Gasteiger partial charge in [0.1, 0.15) is 11.6 Å². The standard InChI is InChI=1S/C17H14FN5O2/c18-12-2-4-13(5-3-12)25-14-6-1-11(9-22-14)10-23-17(24)15-16(19)21-8-7-20-15/h1-9H,10H2,(H2,19,21)(H,23,24). The van der Waals surface area contributed by atoms with Gasteiger partial charge < -0.3 is 15.8 Å². The fourth-order valence-electron chi connectivity index (χ4n) is 1.99. The van der Waals surface area contributed by atoms with E-state index in [9.17, 15) is 9.18 Å². The number of pyridine rings is 1. The highest BCUT2D eigenvalue weighted by Gasteiger charge is 2.11. The third kappa shape index (κ3) is 4.25. The van der Waals surface area contributed by atoms with E-state index in [4.69, 9.17) is 10.5 Å². The molecule has 3 aromatic rings. The monoisotopic (exact) mass is 339 g/mol. The molecule has 2 heterocycles. The SMILES string of the molecule is Nc1nccnc1C(=O)NCc1ccc(Oc2ccc(F)cc2)nc1. The molecule has 1 aromatic carbocycles. The van der Waals surface area contributed by atoms with Crippen LogP contribution in [0.25, 0.3) is 0 Å². The largest absolute Gasteiger partial charge is 0.439 e. The minimum Gasteiger partial charge on any atom is -0.439 e. The molecular weight excluding hydrogens is 325 g/mol. The Balaban J connectivity index is 1.58. The maximum absolute atomic E-state index is 12.9. The van der Waals surface area contributed by atoms with Crippen LogP contribution in [0.2, 0.25) is 0 Å². The molecule has 8 heteroatoms. The normalized spacial score (nSPS) is 10.3. The zero-order chi connectivity index (χ0) is 17.6. The molecule has 1 amide bonds. The summed E-state index contributed by atoms with van der Waals surface area (Å²) in [5.74, 6) is 0.154. The Hall–Kier alpha value is -3.55. The zero-order valence-corrected chi connectivity index (χ0v) is 13.0. The first-order valence-electron chi connectivity index (χ1n) is 7.35. The molecule has 126 valence electrons. The van der Waals surface area contributed by atoms with Crippen molar-refractivity contribution in [3.63, 3.8) is 0 Å². The molecule has 0 radical (unpaired) electrons. The van der Waals surface area contributed by atoms with Gasteiger partial charge in [-0.3, -0.25) is 4.79 Å². The molecule has 0 saturated carbocycles. The van der Waals surface area contributed by atoms with Crippen molar-refractivity contribution in [3.05, 3.63) is 72.1 Å². The first-order valence-corrected chi connectivity index (χ1v) is 7.35. The van der Waals surface area contributed by atoms with Crippen molar-refractivity contribution in [2.24, 2.45) is 0 Å². The van der Waals surface area contributed by atoms with Gasteiger partial charge in [-0.1, -0.05) is 6.07 Å². The Labute approximate surface area is 142 Å². The Morgan fingerprint density at radius 1 is 1.08 bits per heavy atom. The van der Waals surface area contributed by atoms with E-state index in [2.05, 4.69) is 20.3 Å². The topological polar surface area (TPSA) is 103 Å². The quantitative estimate of drug-likeness (QED) is 0.739. The number of nitrogens with one attached hydrogen (secondary N) is 1. The molecule has 0 aliphatic carbocycles. The number of nitrogens with two attached hydrogens (primary N) is 1. The lowest BCUT2D eigenvalue weighted by Crippen LogP contribution is -2.25. The number of aromatic nitrogens is 3. The van der Waals surface area contributed by atoms with Gasteiger partial charge in [0.25, 0.3) is 5.91 Å². The summed E-state index contributed by atoms with van der Waals surface area (Å²) in [4.78, 5) is 23.9. The van der Waals surface area contributed by atoms with Crippen molar-refractivity contribution in [2.75, 3.05) is 5.73 Å². The van der Waals surface area contributed by atoms with Gasteiger partial charge in [0.05, 0.1) is 0 Å². The second-order valence-electron chi connectivity index (χ2n) is 5.03. The van der Waals surface area contributed by atoms with Crippen LogP contribution in [0.1, 0.15) is 16.1 Å². The number of halogens is 1. The van der Waals surface area contributed by atoms with Gasteiger partial charge in [-0.15, -0.1) is 0 Å². The van der Waals surface area contributed by atoms with Gasteiger partial charge in [-0.25, -0.2) is 19.3 Å². The van der Waals surface area contributed by atoms with Crippen LogP contribution in [0, 0.1) is 5.82 Å². The zero-order valence-electron chi connectivity index (χ0n) is 13.0. The Morgan fingerprint density at radius 2 is 1.84 bits per heavy atom. The number of carbonyl (C=O) groups is 1. The summed E-state index contributed by atoms with van der Waals surface area (Å²) in [5, 5.41) is 2.69. The predicted molar refractivity (Wildman–Crippen MR) is 88.3 cm³/mol. The highest BCUT2D eigenvalue weighted by atomic mass is 19.1. The average molecular weight is 339 g/mol. The maximum atomic E-state index is 12.9. The summed E-state index contributed by atoms with van der Waals surface area (Å²) in [6, 6.07) is 9.04. The van der Waals surface area contributed by atoms with Gasteiger partial charge in [0, 0.05) is 31.2 Å². The number of benzene rings is 1. The molecule has 0 aliphatic heterocycles. The third-order valence-corrected chi connectivity index (χ3v) is 3.23. The van der Waals surface area contributed by atoms with Gasteiger partial charge in [-0.05, 0) is 29.8 Å². The average Bonchev–Trinajstić information content (AvgIpc) is 2.63. The molecule has 3 rings (SSSR count). The maximum Gasteiger partial charge on any atom is 0.273 e. The number of nitrogens with zero attached hydrogens (tertiary/aromatic N) is 3. The smallest absolute Gasteiger partial charge is 0.273 e. The van der Waals surface area contributed by atoms with Gasteiger partial charge >= 0.3 is 0 Å². The summed E-state index contributed by atoms with van der Waals surface area (Å²) in [7, 11) is 0. The first-order chi connectivity index (χ1) is 12.1. The molecule has 3 N–H and O–H groups in total. The predicted octanol–water partition coefficient (Wildman–Crippen LogP) is 2.32. The number of amides is 1. The van der Waals surface area contributed by atoms with Crippen LogP contribution in [0.3, 0.4) is 0 Å². The number of anilines is 1. The van der Waals surface area contributed by atoms with Crippen LogP contribution in [-0.2, 0) is 6.54 Å². The summed E-state index contributed by atoms with van der Waals surface area (Å²) in [5.41, 5.74) is 6.45. The van der Waals surface area contributed by atoms with Gasteiger partial charge in [0.2, 0.25) is 5.88 Å². The van der Waals surface area contributed by atoms with E-state index in [0.717, 1.165) is 5.56 Å². The second kappa shape index (κ2) is 7.35. The molecule has 0 spiro atoms. The van der Waals surface area contributed by atoms with Crippen LogP contribution < -0.4 is 15.8 Å². The molecule has 0 bridgehead atoms. The van der Waals surface area contributed by atoms with Crippen molar-refractivity contribution in [1.29, 1.82) is 0 Å². The van der Waals surface area contributed by atoms with Crippen LogP contribution in [0.15, 0.2) is 55.0 Å². The number of hydrogen-bond donors (Lipinski definition) is 2. The summed E-state index contributed by atoms with van der Waals surface area (Å²) in [6.07, 6.45) is 4.38. The Bertz CT molecular complexity index is 869. The van der Waals surface area contributed by atoms with Gasteiger partial charge in [-0.2, -0.15) is 0 Å². The number of nitrogen functional groups attached to an aromatic ring is 1. The lowest BCUT2D eigenvalue weighted by molar-refractivity contribution is 0.0946. The molecule has 25 heavy (non-hydrogen) atoms. The third-order valence-electron chi connectivity index (χ3n) is 3.23. The van der Waals surface area contributed by atoms with Crippen LogP contribution >= 0.6 is 0 Å². The minimum absolute atomic E-state index is 0.0705.